The van der Waals surface area contributed by atoms with E-state index in [9.17, 15) is 9.90 Å². The van der Waals surface area contributed by atoms with Gasteiger partial charge in [0, 0.05) is 38.3 Å². The molecule has 3 N–H and O–H groups in total. The Morgan fingerprint density at radius 1 is 1.29 bits per heavy atom. The van der Waals surface area contributed by atoms with Crippen molar-refractivity contribution in [3.05, 3.63) is 35.9 Å². The van der Waals surface area contributed by atoms with Gasteiger partial charge in [-0.15, -0.1) is 0 Å². The Morgan fingerprint density at radius 3 is 2.54 bits per heavy atom. The molecule has 134 valence electrons. The third-order valence-corrected chi connectivity index (χ3v) is 5.00. The van der Waals surface area contributed by atoms with Crippen LogP contribution in [0.3, 0.4) is 0 Å². The highest BCUT2D eigenvalue weighted by atomic mass is 16.3. The average Bonchev–Trinajstić information content (AvgIpc) is 2.60. The molecule has 0 saturated carbocycles. The lowest BCUT2D eigenvalue weighted by atomic mass is 9.93. The summed E-state index contributed by atoms with van der Waals surface area (Å²) in [6.45, 7) is 8.75. The topological polar surface area (TPSA) is 69.8 Å². The zero-order valence-corrected chi connectivity index (χ0v) is 15.1. The Morgan fingerprint density at radius 2 is 1.96 bits per heavy atom. The van der Waals surface area contributed by atoms with Crippen molar-refractivity contribution >= 4 is 5.91 Å². The van der Waals surface area contributed by atoms with Gasteiger partial charge in [-0.3, -0.25) is 9.69 Å². The highest BCUT2D eigenvalue weighted by Crippen LogP contribution is 2.23. The summed E-state index contributed by atoms with van der Waals surface area (Å²) in [5, 5.41) is 9.64. The Balaban J connectivity index is 1.99. The Bertz CT molecular complexity index is 521. The fourth-order valence-electron chi connectivity index (χ4n) is 3.47. The van der Waals surface area contributed by atoms with Crippen LogP contribution in [-0.4, -0.2) is 59.1 Å². The minimum atomic E-state index is -0.341. The summed E-state index contributed by atoms with van der Waals surface area (Å²) >= 11 is 0. The van der Waals surface area contributed by atoms with Crippen LogP contribution in [0.15, 0.2) is 30.3 Å². The number of piperazine rings is 1. The maximum absolute atomic E-state index is 12.9. The number of carbonyl (C=O) groups excluding carboxylic acids is 1. The van der Waals surface area contributed by atoms with Gasteiger partial charge in [0.15, 0.2) is 0 Å². The number of hydrogen-bond acceptors (Lipinski definition) is 4. The highest BCUT2D eigenvalue weighted by Gasteiger charge is 2.32. The Hall–Kier alpha value is -1.43. The molecule has 0 aromatic heterocycles. The first kappa shape index (κ1) is 18.9. The molecule has 1 aromatic carbocycles. The van der Waals surface area contributed by atoms with Gasteiger partial charge in [-0.25, -0.2) is 0 Å². The van der Waals surface area contributed by atoms with Crippen molar-refractivity contribution < 1.29 is 9.90 Å². The first-order chi connectivity index (χ1) is 11.4. The number of amides is 1. The van der Waals surface area contributed by atoms with E-state index in [0.29, 0.717) is 25.7 Å². The van der Waals surface area contributed by atoms with Crippen molar-refractivity contribution in [2.75, 3.05) is 26.2 Å². The van der Waals surface area contributed by atoms with Crippen LogP contribution in [0.4, 0.5) is 0 Å². The van der Waals surface area contributed by atoms with Crippen molar-refractivity contribution in [3.63, 3.8) is 0 Å². The standard InChI is InChI=1S/C19H31N3O2/c1-4-17-13-22(11-10-21(17)12-14(2)23)19(24)15(3)18(20)16-8-6-5-7-9-16/h5-9,14-15,17-18,23H,4,10-13,20H2,1-3H3. The minimum absolute atomic E-state index is 0.126. The number of aliphatic hydroxyl groups is 1. The zero-order valence-electron chi connectivity index (χ0n) is 15.1. The molecule has 1 amide bonds. The van der Waals surface area contributed by atoms with E-state index in [1.807, 2.05) is 49.1 Å². The molecule has 1 aromatic rings. The summed E-state index contributed by atoms with van der Waals surface area (Å²) in [6, 6.07) is 9.83. The minimum Gasteiger partial charge on any atom is -0.392 e. The molecule has 5 nitrogen and oxygen atoms in total. The fourth-order valence-corrected chi connectivity index (χ4v) is 3.47. The Kier molecular flexibility index (Phi) is 6.78. The maximum atomic E-state index is 12.9. The lowest BCUT2D eigenvalue weighted by molar-refractivity contribution is -0.139. The van der Waals surface area contributed by atoms with Crippen LogP contribution in [0.1, 0.15) is 38.8 Å². The highest BCUT2D eigenvalue weighted by molar-refractivity contribution is 5.79. The maximum Gasteiger partial charge on any atom is 0.227 e. The van der Waals surface area contributed by atoms with Crippen molar-refractivity contribution in [1.29, 1.82) is 0 Å². The first-order valence-electron chi connectivity index (χ1n) is 8.95. The molecular formula is C19H31N3O2. The third kappa shape index (κ3) is 4.56. The van der Waals surface area contributed by atoms with Crippen molar-refractivity contribution in [2.24, 2.45) is 11.7 Å². The fraction of sp³-hybridized carbons (Fsp3) is 0.632. The number of aliphatic hydroxyl groups excluding tert-OH is 1. The van der Waals surface area contributed by atoms with Crippen LogP contribution in [0.25, 0.3) is 0 Å². The normalized spacial score (nSPS) is 22.9. The molecule has 1 fully saturated rings. The van der Waals surface area contributed by atoms with E-state index in [-0.39, 0.29) is 24.0 Å². The van der Waals surface area contributed by atoms with E-state index in [1.165, 1.54) is 0 Å². The van der Waals surface area contributed by atoms with Gasteiger partial charge in [-0.1, -0.05) is 44.2 Å². The molecule has 1 saturated heterocycles. The van der Waals surface area contributed by atoms with Crippen LogP contribution in [-0.2, 0) is 4.79 Å². The monoisotopic (exact) mass is 333 g/mol. The quantitative estimate of drug-likeness (QED) is 0.830. The number of hydrogen-bond donors (Lipinski definition) is 2. The third-order valence-electron chi connectivity index (χ3n) is 5.00. The first-order valence-corrected chi connectivity index (χ1v) is 8.95. The van der Waals surface area contributed by atoms with Crippen LogP contribution >= 0.6 is 0 Å². The largest absolute Gasteiger partial charge is 0.392 e. The van der Waals surface area contributed by atoms with Gasteiger partial charge in [0.05, 0.1) is 12.0 Å². The van der Waals surface area contributed by atoms with E-state index < -0.39 is 0 Å². The molecule has 5 heteroatoms. The van der Waals surface area contributed by atoms with Crippen LogP contribution < -0.4 is 5.73 Å². The van der Waals surface area contributed by atoms with E-state index in [4.69, 9.17) is 5.73 Å². The molecule has 24 heavy (non-hydrogen) atoms. The second-order valence-electron chi connectivity index (χ2n) is 6.92. The summed E-state index contributed by atoms with van der Waals surface area (Å²) in [5.74, 6) is -0.116. The summed E-state index contributed by atoms with van der Waals surface area (Å²) < 4.78 is 0. The zero-order chi connectivity index (χ0) is 17.7. The van der Waals surface area contributed by atoms with Crippen molar-refractivity contribution in [1.82, 2.24) is 9.80 Å². The molecular weight excluding hydrogens is 302 g/mol. The SMILES string of the molecule is CCC1CN(C(=O)C(C)C(N)c2ccccc2)CCN1CC(C)O. The number of β-amino-alcohol motifs (C(OH)–C–C–N with tert-alkyl or cyclic N) is 1. The molecule has 0 radical (unpaired) electrons. The molecule has 0 aliphatic carbocycles. The number of benzene rings is 1. The smallest absolute Gasteiger partial charge is 0.227 e. The summed E-state index contributed by atoms with van der Waals surface area (Å²) in [4.78, 5) is 17.1. The lowest BCUT2D eigenvalue weighted by Crippen LogP contribution is -2.57. The summed E-state index contributed by atoms with van der Waals surface area (Å²) in [7, 11) is 0. The average molecular weight is 333 g/mol. The lowest BCUT2D eigenvalue weighted by Gasteiger charge is -2.42. The molecule has 4 atom stereocenters. The second-order valence-corrected chi connectivity index (χ2v) is 6.92. The molecule has 0 bridgehead atoms. The number of rotatable bonds is 6. The number of nitrogens with two attached hydrogens (primary N) is 1. The summed E-state index contributed by atoms with van der Waals surface area (Å²) in [6.07, 6.45) is 0.627. The van der Waals surface area contributed by atoms with Crippen molar-refractivity contribution in [3.8, 4) is 0 Å². The van der Waals surface area contributed by atoms with Gasteiger partial charge < -0.3 is 15.7 Å². The molecule has 1 heterocycles. The number of carbonyl (C=O) groups is 1. The van der Waals surface area contributed by atoms with Crippen molar-refractivity contribution in [2.45, 2.75) is 45.4 Å². The van der Waals surface area contributed by atoms with Gasteiger partial charge in [0.1, 0.15) is 0 Å². The molecule has 1 aliphatic heterocycles. The van der Waals surface area contributed by atoms with Gasteiger partial charge >= 0.3 is 0 Å². The van der Waals surface area contributed by atoms with Gasteiger partial charge in [-0.2, -0.15) is 0 Å². The second kappa shape index (κ2) is 8.60. The van der Waals surface area contributed by atoms with Gasteiger partial charge in [-0.05, 0) is 18.9 Å². The molecule has 1 aliphatic rings. The van der Waals surface area contributed by atoms with E-state index in [1.54, 1.807) is 0 Å². The van der Waals surface area contributed by atoms with Crippen LogP contribution in [0.5, 0.6) is 0 Å². The molecule has 0 spiro atoms. The molecule has 2 rings (SSSR count). The predicted octanol–water partition coefficient (Wildman–Crippen LogP) is 1.63. The summed E-state index contributed by atoms with van der Waals surface area (Å²) in [5.41, 5.74) is 7.31. The van der Waals surface area contributed by atoms with E-state index in [2.05, 4.69) is 11.8 Å². The van der Waals surface area contributed by atoms with Crippen LogP contribution in [0, 0.1) is 5.92 Å². The Labute approximate surface area is 145 Å². The van der Waals surface area contributed by atoms with Crippen LogP contribution in [0.2, 0.25) is 0 Å². The molecule has 4 unspecified atom stereocenters. The van der Waals surface area contributed by atoms with E-state index in [0.717, 1.165) is 18.5 Å². The predicted molar refractivity (Wildman–Crippen MR) is 96.4 cm³/mol. The van der Waals surface area contributed by atoms with E-state index >= 15 is 0 Å². The number of nitrogens with zero attached hydrogens (tertiary/aromatic N) is 2. The van der Waals surface area contributed by atoms with Gasteiger partial charge in [0.25, 0.3) is 0 Å². The van der Waals surface area contributed by atoms with Gasteiger partial charge in [0.2, 0.25) is 5.91 Å².